The number of thiophene rings is 1. The minimum atomic E-state index is -0.364. The van der Waals surface area contributed by atoms with E-state index in [1.807, 2.05) is 30.7 Å². The number of carbonyl (C=O) groups is 2. The zero-order valence-corrected chi connectivity index (χ0v) is 10.8. The summed E-state index contributed by atoms with van der Waals surface area (Å²) in [7, 11) is 0. The second-order valence-corrected chi connectivity index (χ2v) is 5.01. The summed E-state index contributed by atoms with van der Waals surface area (Å²) in [5.74, 6) is -0.0515. The molecule has 2 rings (SSSR count). The molecule has 17 heavy (non-hydrogen) atoms. The van der Waals surface area contributed by atoms with E-state index in [1.165, 1.54) is 0 Å². The molecule has 92 valence electrons. The molecule has 5 heteroatoms. The molecule has 1 aromatic heterocycles. The van der Waals surface area contributed by atoms with E-state index in [4.69, 9.17) is 0 Å². The predicted octanol–water partition coefficient (Wildman–Crippen LogP) is 1.55. The van der Waals surface area contributed by atoms with Gasteiger partial charge in [0, 0.05) is 0 Å². The third kappa shape index (κ3) is 2.34. The first-order chi connectivity index (χ1) is 8.13. The van der Waals surface area contributed by atoms with Gasteiger partial charge in [0.1, 0.15) is 12.6 Å². The number of nitrogens with zero attached hydrogens (tertiary/aromatic N) is 1. The molecule has 0 saturated carbocycles. The molecule has 0 aromatic carbocycles. The number of amides is 2. The molecule has 0 radical (unpaired) electrons. The van der Waals surface area contributed by atoms with Crippen LogP contribution in [0.3, 0.4) is 0 Å². The van der Waals surface area contributed by atoms with Gasteiger partial charge in [-0.1, -0.05) is 6.92 Å². The highest BCUT2D eigenvalue weighted by Gasteiger charge is 2.34. The number of nitrogens with one attached hydrogen (secondary N) is 1. The highest BCUT2D eigenvalue weighted by atomic mass is 32.1. The molecule has 2 amide bonds. The molecule has 0 aliphatic carbocycles. The van der Waals surface area contributed by atoms with Crippen LogP contribution in [-0.2, 0) is 9.59 Å². The molecule has 1 aromatic rings. The Kier molecular flexibility index (Phi) is 3.47. The predicted molar refractivity (Wildman–Crippen MR) is 66.7 cm³/mol. The fourth-order valence-corrected chi connectivity index (χ4v) is 2.78. The second kappa shape index (κ2) is 4.87. The van der Waals surface area contributed by atoms with Gasteiger partial charge in [0.2, 0.25) is 11.8 Å². The Morgan fingerprint density at radius 1 is 1.59 bits per heavy atom. The minimum Gasteiger partial charge on any atom is -0.343 e. The second-order valence-electron chi connectivity index (χ2n) is 4.23. The Labute approximate surface area is 105 Å². The maximum absolute atomic E-state index is 12.2. The lowest BCUT2D eigenvalue weighted by Crippen LogP contribution is -2.58. The summed E-state index contributed by atoms with van der Waals surface area (Å²) in [6, 6.07) is 1.60. The molecule has 1 aliphatic rings. The fourth-order valence-electron chi connectivity index (χ4n) is 2.03. The van der Waals surface area contributed by atoms with E-state index in [0.717, 1.165) is 5.56 Å². The van der Waals surface area contributed by atoms with E-state index in [2.05, 4.69) is 5.32 Å². The van der Waals surface area contributed by atoms with E-state index >= 15 is 0 Å². The highest BCUT2D eigenvalue weighted by molar-refractivity contribution is 7.07. The van der Waals surface area contributed by atoms with Crippen molar-refractivity contribution in [3.8, 4) is 0 Å². The lowest BCUT2D eigenvalue weighted by molar-refractivity contribution is -0.146. The minimum absolute atomic E-state index is 0.0193. The van der Waals surface area contributed by atoms with Crippen LogP contribution < -0.4 is 5.32 Å². The molecule has 4 nitrogen and oxygen atoms in total. The van der Waals surface area contributed by atoms with Crippen LogP contribution in [-0.4, -0.2) is 29.3 Å². The average molecular weight is 252 g/mol. The summed E-state index contributed by atoms with van der Waals surface area (Å²) in [5.41, 5.74) is 1.09. The first kappa shape index (κ1) is 12.1. The number of hydrogen-bond acceptors (Lipinski definition) is 3. The lowest BCUT2D eigenvalue weighted by Gasteiger charge is -2.36. The molecule has 1 aliphatic heterocycles. The van der Waals surface area contributed by atoms with E-state index in [-0.39, 0.29) is 30.4 Å². The Morgan fingerprint density at radius 3 is 2.94 bits per heavy atom. The first-order valence-electron chi connectivity index (χ1n) is 5.75. The fraction of sp³-hybridized carbons (Fsp3) is 0.500. The highest BCUT2D eigenvalue weighted by Crippen LogP contribution is 2.24. The largest absolute Gasteiger partial charge is 0.343 e. The molecule has 2 atom stereocenters. The van der Waals surface area contributed by atoms with Crippen LogP contribution in [0, 0.1) is 0 Å². The summed E-state index contributed by atoms with van der Waals surface area (Å²) in [6.07, 6.45) is 0.636. The van der Waals surface area contributed by atoms with Crippen molar-refractivity contribution in [2.45, 2.75) is 32.4 Å². The van der Waals surface area contributed by atoms with Gasteiger partial charge in [0.05, 0.1) is 6.04 Å². The maximum atomic E-state index is 12.2. The van der Waals surface area contributed by atoms with Crippen LogP contribution in [0.1, 0.15) is 31.9 Å². The van der Waals surface area contributed by atoms with Crippen molar-refractivity contribution in [3.05, 3.63) is 22.4 Å². The van der Waals surface area contributed by atoms with Gasteiger partial charge in [-0.25, -0.2) is 0 Å². The van der Waals surface area contributed by atoms with Crippen LogP contribution in [0.15, 0.2) is 16.8 Å². The molecule has 0 spiro atoms. The average Bonchev–Trinajstić information content (AvgIpc) is 2.84. The van der Waals surface area contributed by atoms with Gasteiger partial charge < -0.3 is 10.2 Å². The van der Waals surface area contributed by atoms with Crippen molar-refractivity contribution in [1.29, 1.82) is 0 Å². The van der Waals surface area contributed by atoms with Crippen molar-refractivity contribution in [1.82, 2.24) is 10.2 Å². The molecule has 0 bridgehead atoms. The third-order valence-electron chi connectivity index (χ3n) is 3.13. The van der Waals surface area contributed by atoms with E-state index < -0.39 is 0 Å². The summed E-state index contributed by atoms with van der Waals surface area (Å²) in [5, 5.41) is 6.72. The summed E-state index contributed by atoms with van der Waals surface area (Å²) >= 11 is 1.60. The lowest BCUT2D eigenvalue weighted by atomic mass is 10.1. The Bertz CT molecular complexity index is 416. The van der Waals surface area contributed by atoms with Crippen LogP contribution in [0.4, 0.5) is 0 Å². The normalized spacial score (nSPS) is 22.5. The molecule has 2 heterocycles. The zero-order valence-electron chi connectivity index (χ0n) is 9.97. The molecular formula is C12H16N2O2S. The van der Waals surface area contributed by atoms with Gasteiger partial charge in [0.15, 0.2) is 0 Å². The molecular weight excluding hydrogens is 236 g/mol. The number of piperazine rings is 1. The summed E-state index contributed by atoms with van der Waals surface area (Å²) < 4.78 is 0. The van der Waals surface area contributed by atoms with E-state index in [1.54, 1.807) is 16.2 Å². The van der Waals surface area contributed by atoms with Gasteiger partial charge in [-0.2, -0.15) is 11.3 Å². The van der Waals surface area contributed by atoms with Gasteiger partial charge in [-0.15, -0.1) is 0 Å². The smallest absolute Gasteiger partial charge is 0.246 e. The monoisotopic (exact) mass is 252 g/mol. The Hall–Kier alpha value is -1.36. The van der Waals surface area contributed by atoms with Crippen LogP contribution in [0.25, 0.3) is 0 Å². The van der Waals surface area contributed by atoms with Crippen molar-refractivity contribution in [2.75, 3.05) is 6.54 Å². The maximum Gasteiger partial charge on any atom is 0.246 e. The Morgan fingerprint density at radius 2 is 2.35 bits per heavy atom. The molecule has 2 unspecified atom stereocenters. The van der Waals surface area contributed by atoms with Crippen LogP contribution >= 0.6 is 11.3 Å². The number of hydrogen-bond donors (Lipinski definition) is 1. The van der Waals surface area contributed by atoms with E-state index in [9.17, 15) is 9.59 Å². The topological polar surface area (TPSA) is 49.4 Å². The molecule has 1 saturated heterocycles. The van der Waals surface area contributed by atoms with E-state index in [0.29, 0.717) is 6.42 Å². The standard InChI is InChI=1S/C12H16N2O2S/c1-3-10-12(16)14(6-11(15)13-10)8(2)9-4-5-17-7-9/h4-5,7-8,10H,3,6H2,1-2H3,(H,13,15). The van der Waals surface area contributed by atoms with Crippen molar-refractivity contribution < 1.29 is 9.59 Å². The van der Waals surface area contributed by atoms with Gasteiger partial charge in [-0.05, 0) is 35.7 Å². The van der Waals surface area contributed by atoms with Crippen molar-refractivity contribution in [3.63, 3.8) is 0 Å². The van der Waals surface area contributed by atoms with Crippen LogP contribution in [0.5, 0.6) is 0 Å². The summed E-state index contributed by atoms with van der Waals surface area (Å²) in [4.78, 5) is 25.4. The molecule has 1 fully saturated rings. The quantitative estimate of drug-likeness (QED) is 0.887. The zero-order chi connectivity index (χ0) is 12.4. The SMILES string of the molecule is CCC1NC(=O)CN(C(C)c2ccsc2)C1=O. The van der Waals surface area contributed by atoms with Gasteiger partial charge in [-0.3, -0.25) is 9.59 Å². The van der Waals surface area contributed by atoms with Gasteiger partial charge >= 0.3 is 0 Å². The molecule has 1 N–H and O–H groups in total. The number of carbonyl (C=O) groups excluding carboxylic acids is 2. The number of rotatable bonds is 3. The van der Waals surface area contributed by atoms with Crippen molar-refractivity contribution >= 4 is 23.2 Å². The van der Waals surface area contributed by atoms with Crippen LogP contribution in [0.2, 0.25) is 0 Å². The summed E-state index contributed by atoms with van der Waals surface area (Å²) in [6.45, 7) is 4.03. The first-order valence-corrected chi connectivity index (χ1v) is 6.69. The van der Waals surface area contributed by atoms with Gasteiger partial charge in [0.25, 0.3) is 0 Å². The Balaban J connectivity index is 2.19. The third-order valence-corrected chi connectivity index (χ3v) is 3.83. The van der Waals surface area contributed by atoms with Crippen molar-refractivity contribution in [2.24, 2.45) is 0 Å².